The number of para-hydroxylation sites is 1. The first-order valence-electron chi connectivity index (χ1n) is 5.47. The van der Waals surface area contributed by atoms with Gasteiger partial charge in [-0.25, -0.2) is 4.79 Å². The molecule has 0 aliphatic carbocycles. The fourth-order valence-electron chi connectivity index (χ4n) is 1.36. The largest absolute Gasteiger partial charge is 0.463 e. The van der Waals surface area contributed by atoms with Gasteiger partial charge in [0.05, 0.1) is 17.3 Å². The van der Waals surface area contributed by atoms with Gasteiger partial charge in [-0.15, -0.1) is 0 Å². The Morgan fingerprint density at radius 2 is 2.29 bits per heavy atom. The first kappa shape index (κ1) is 13.6. The van der Waals surface area contributed by atoms with Crippen molar-refractivity contribution < 1.29 is 9.53 Å². The van der Waals surface area contributed by atoms with E-state index in [-0.39, 0.29) is 5.97 Å². The Morgan fingerprint density at radius 1 is 1.53 bits per heavy atom. The fourth-order valence-corrected chi connectivity index (χ4v) is 1.65. The molecule has 0 saturated heterocycles. The Labute approximate surface area is 106 Å². The van der Waals surface area contributed by atoms with Crippen molar-refractivity contribution in [2.45, 2.75) is 13.8 Å². The van der Waals surface area contributed by atoms with Crippen LogP contribution in [-0.4, -0.2) is 19.1 Å². The van der Waals surface area contributed by atoms with E-state index >= 15 is 0 Å². The Hall–Kier alpha value is -1.48. The van der Waals surface area contributed by atoms with Crippen molar-refractivity contribution in [2.24, 2.45) is 0 Å². The highest BCUT2D eigenvalue weighted by molar-refractivity contribution is 6.33. The van der Waals surface area contributed by atoms with Crippen LogP contribution in [0, 0.1) is 6.92 Å². The van der Waals surface area contributed by atoms with E-state index in [0.29, 0.717) is 18.2 Å². The molecule has 0 heterocycles. The quantitative estimate of drug-likeness (QED) is 0.647. The van der Waals surface area contributed by atoms with Crippen LogP contribution in [0.5, 0.6) is 0 Å². The van der Waals surface area contributed by atoms with Gasteiger partial charge in [0.2, 0.25) is 0 Å². The second-order valence-corrected chi connectivity index (χ2v) is 3.87. The standard InChI is InChI=1S/C13H16ClNO2/c1-3-17-12(16)8-5-9-15-13-10(2)6-4-7-11(13)14/h4-8,15H,3,9H2,1-2H3/b8-5+. The van der Waals surface area contributed by atoms with E-state index in [4.69, 9.17) is 16.3 Å². The lowest BCUT2D eigenvalue weighted by Gasteiger charge is -2.09. The monoisotopic (exact) mass is 253 g/mol. The van der Waals surface area contributed by atoms with E-state index in [9.17, 15) is 4.79 Å². The van der Waals surface area contributed by atoms with E-state index in [1.165, 1.54) is 6.08 Å². The predicted octanol–water partition coefficient (Wildman–Crippen LogP) is 3.18. The number of halogens is 1. The normalized spacial score (nSPS) is 10.5. The third-order valence-electron chi connectivity index (χ3n) is 2.16. The lowest BCUT2D eigenvalue weighted by Crippen LogP contribution is -2.03. The van der Waals surface area contributed by atoms with Gasteiger partial charge in [0.25, 0.3) is 0 Å². The minimum atomic E-state index is -0.329. The third-order valence-corrected chi connectivity index (χ3v) is 2.47. The summed E-state index contributed by atoms with van der Waals surface area (Å²) in [5, 5.41) is 3.83. The maximum absolute atomic E-state index is 11.0. The second kappa shape index (κ2) is 6.97. The molecule has 4 heteroatoms. The van der Waals surface area contributed by atoms with Crippen LogP contribution in [0.15, 0.2) is 30.4 Å². The van der Waals surface area contributed by atoms with Crippen molar-refractivity contribution in [3.8, 4) is 0 Å². The molecule has 0 fully saturated rings. The summed E-state index contributed by atoms with van der Waals surface area (Å²) in [5.41, 5.74) is 1.96. The summed E-state index contributed by atoms with van der Waals surface area (Å²) >= 11 is 6.04. The van der Waals surface area contributed by atoms with Crippen LogP contribution in [0.4, 0.5) is 5.69 Å². The maximum atomic E-state index is 11.0. The molecule has 3 nitrogen and oxygen atoms in total. The van der Waals surface area contributed by atoms with Gasteiger partial charge in [0.15, 0.2) is 0 Å². The van der Waals surface area contributed by atoms with Gasteiger partial charge in [0, 0.05) is 12.6 Å². The molecule has 0 bridgehead atoms. The lowest BCUT2D eigenvalue weighted by atomic mass is 10.2. The number of hydrogen-bond acceptors (Lipinski definition) is 3. The summed E-state index contributed by atoms with van der Waals surface area (Å²) in [6.45, 7) is 4.67. The summed E-state index contributed by atoms with van der Waals surface area (Å²) in [7, 11) is 0. The molecule has 0 aliphatic rings. The molecule has 0 aliphatic heterocycles. The summed E-state index contributed by atoms with van der Waals surface area (Å²) in [4.78, 5) is 11.0. The summed E-state index contributed by atoms with van der Waals surface area (Å²) < 4.78 is 4.76. The number of carbonyl (C=O) groups is 1. The Kier molecular flexibility index (Phi) is 5.57. The van der Waals surface area contributed by atoms with Gasteiger partial charge in [0.1, 0.15) is 0 Å². The molecule has 0 atom stereocenters. The molecule has 0 aromatic heterocycles. The van der Waals surface area contributed by atoms with Crippen molar-refractivity contribution in [1.82, 2.24) is 0 Å². The number of esters is 1. The number of hydrogen-bond donors (Lipinski definition) is 1. The molecule has 17 heavy (non-hydrogen) atoms. The Bertz CT molecular complexity index is 396. The van der Waals surface area contributed by atoms with E-state index < -0.39 is 0 Å². The highest BCUT2D eigenvalue weighted by Gasteiger charge is 2.01. The summed E-state index contributed by atoms with van der Waals surface area (Å²) in [5.74, 6) is -0.329. The van der Waals surface area contributed by atoms with Crippen LogP contribution >= 0.6 is 11.6 Å². The molecule has 0 spiro atoms. The molecule has 0 radical (unpaired) electrons. The molecule has 1 N–H and O–H groups in total. The second-order valence-electron chi connectivity index (χ2n) is 3.47. The number of ether oxygens (including phenoxy) is 1. The number of benzene rings is 1. The van der Waals surface area contributed by atoms with E-state index in [0.717, 1.165) is 11.3 Å². The molecule has 0 saturated carbocycles. The van der Waals surface area contributed by atoms with Crippen LogP contribution in [0.25, 0.3) is 0 Å². The zero-order chi connectivity index (χ0) is 12.7. The highest BCUT2D eigenvalue weighted by Crippen LogP contribution is 2.24. The number of aryl methyl sites for hydroxylation is 1. The number of carbonyl (C=O) groups excluding carboxylic acids is 1. The minimum absolute atomic E-state index is 0.329. The van der Waals surface area contributed by atoms with Crippen LogP contribution < -0.4 is 5.32 Å². The van der Waals surface area contributed by atoms with Crippen LogP contribution in [-0.2, 0) is 9.53 Å². The maximum Gasteiger partial charge on any atom is 0.330 e. The molecule has 1 aromatic rings. The topological polar surface area (TPSA) is 38.3 Å². The highest BCUT2D eigenvalue weighted by atomic mass is 35.5. The van der Waals surface area contributed by atoms with Crippen LogP contribution in [0.1, 0.15) is 12.5 Å². The average molecular weight is 254 g/mol. The first-order chi connectivity index (χ1) is 8.15. The number of nitrogens with one attached hydrogen (secondary N) is 1. The van der Waals surface area contributed by atoms with E-state index in [1.54, 1.807) is 13.0 Å². The summed E-state index contributed by atoms with van der Waals surface area (Å²) in [6.07, 6.45) is 3.11. The lowest BCUT2D eigenvalue weighted by molar-refractivity contribution is -0.137. The Morgan fingerprint density at radius 3 is 2.94 bits per heavy atom. The molecular weight excluding hydrogens is 238 g/mol. The van der Waals surface area contributed by atoms with Gasteiger partial charge in [-0.05, 0) is 25.5 Å². The van der Waals surface area contributed by atoms with Gasteiger partial charge in [-0.1, -0.05) is 29.8 Å². The van der Waals surface area contributed by atoms with Gasteiger partial charge in [-0.2, -0.15) is 0 Å². The molecule has 0 unspecified atom stereocenters. The van der Waals surface area contributed by atoms with E-state index in [2.05, 4.69) is 5.32 Å². The SMILES string of the molecule is CCOC(=O)/C=C/CNc1c(C)cccc1Cl. The predicted molar refractivity (Wildman–Crippen MR) is 70.5 cm³/mol. The molecule has 92 valence electrons. The zero-order valence-corrected chi connectivity index (χ0v) is 10.8. The van der Waals surface area contributed by atoms with Crippen molar-refractivity contribution in [3.05, 3.63) is 40.9 Å². The molecule has 1 rings (SSSR count). The van der Waals surface area contributed by atoms with Crippen LogP contribution in [0.2, 0.25) is 5.02 Å². The van der Waals surface area contributed by atoms with Crippen molar-refractivity contribution in [3.63, 3.8) is 0 Å². The fraction of sp³-hybridized carbons (Fsp3) is 0.308. The first-order valence-corrected chi connectivity index (χ1v) is 5.85. The third kappa shape index (κ3) is 4.49. The van der Waals surface area contributed by atoms with Crippen molar-refractivity contribution in [1.29, 1.82) is 0 Å². The number of anilines is 1. The van der Waals surface area contributed by atoms with E-state index in [1.807, 2.05) is 25.1 Å². The van der Waals surface area contributed by atoms with Crippen molar-refractivity contribution >= 4 is 23.3 Å². The minimum Gasteiger partial charge on any atom is -0.463 e. The molecular formula is C13H16ClNO2. The van der Waals surface area contributed by atoms with Crippen molar-refractivity contribution in [2.75, 3.05) is 18.5 Å². The van der Waals surface area contributed by atoms with Crippen LogP contribution in [0.3, 0.4) is 0 Å². The summed E-state index contributed by atoms with van der Waals surface area (Å²) in [6, 6.07) is 5.70. The molecule has 1 aromatic carbocycles. The van der Waals surface area contributed by atoms with Gasteiger partial charge in [-0.3, -0.25) is 0 Å². The van der Waals surface area contributed by atoms with Gasteiger partial charge >= 0.3 is 5.97 Å². The zero-order valence-electron chi connectivity index (χ0n) is 10.00. The van der Waals surface area contributed by atoms with Gasteiger partial charge < -0.3 is 10.1 Å². The number of rotatable bonds is 5. The Balaban J connectivity index is 2.49. The smallest absolute Gasteiger partial charge is 0.330 e. The average Bonchev–Trinajstić information content (AvgIpc) is 2.28. The molecule has 0 amide bonds.